The number of hydrogen-bond donors (Lipinski definition) is 1. The van der Waals surface area contributed by atoms with Gasteiger partial charge in [0, 0.05) is 6.42 Å². The molecule has 2 N–H and O–H groups in total. The molecule has 19 heavy (non-hydrogen) atoms. The van der Waals surface area contributed by atoms with Gasteiger partial charge >= 0.3 is 0 Å². The van der Waals surface area contributed by atoms with Gasteiger partial charge in [0.1, 0.15) is 0 Å². The largest absolute Gasteiger partial charge is 0.489 e. The number of rotatable bonds is 2. The summed E-state index contributed by atoms with van der Waals surface area (Å²) in [6.45, 7) is 1.01. The van der Waals surface area contributed by atoms with E-state index in [0.717, 1.165) is 0 Å². The number of hydrogen-bond acceptors (Lipinski definition) is 6. The van der Waals surface area contributed by atoms with Crippen molar-refractivity contribution in [3.63, 3.8) is 0 Å². The molecule has 3 rings (SSSR count). The van der Waals surface area contributed by atoms with Crippen molar-refractivity contribution in [3.8, 4) is 22.9 Å². The van der Waals surface area contributed by atoms with Crippen LogP contribution >= 0.6 is 0 Å². The van der Waals surface area contributed by atoms with Crippen LogP contribution in [0.2, 0.25) is 0 Å². The van der Waals surface area contributed by atoms with Crippen molar-refractivity contribution in [2.75, 3.05) is 13.2 Å². The molecule has 0 amide bonds. The minimum Gasteiger partial charge on any atom is -0.489 e. The van der Waals surface area contributed by atoms with Crippen molar-refractivity contribution in [1.82, 2.24) is 10.1 Å². The lowest BCUT2D eigenvalue weighted by atomic mass is 10.1. The summed E-state index contributed by atoms with van der Waals surface area (Å²) in [6, 6.07) is 2.83. The summed E-state index contributed by atoms with van der Waals surface area (Å²) in [4.78, 5) is 4.11. The van der Waals surface area contributed by atoms with Gasteiger partial charge in [0.15, 0.2) is 17.3 Å². The van der Waals surface area contributed by atoms with Crippen molar-refractivity contribution < 1.29 is 18.4 Å². The third kappa shape index (κ3) is 2.12. The molecule has 0 saturated carbocycles. The number of nitrogens with two attached hydrogens (primary N) is 1. The molecular weight excluding hydrogens is 253 g/mol. The van der Waals surface area contributed by atoms with Crippen molar-refractivity contribution in [1.29, 1.82) is 0 Å². The van der Waals surface area contributed by atoms with Gasteiger partial charge in [-0.25, -0.2) is 4.39 Å². The molecule has 100 valence electrons. The van der Waals surface area contributed by atoms with Crippen molar-refractivity contribution >= 4 is 0 Å². The molecule has 1 aliphatic heterocycles. The fraction of sp³-hybridized carbons (Fsp3) is 0.333. The number of halogens is 1. The molecular formula is C12H12FN3O3. The number of ether oxygens (including phenoxy) is 2. The lowest BCUT2D eigenvalue weighted by Gasteiger charge is -2.10. The van der Waals surface area contributed by atoms with E-state index < -0.39 is 5.82 Å². The zero-order valence-electron chi connectivity index (χ0n) is 10.1. The minimum absolute atomic E-state index is 0.0918. The number of nitrogens with zero attached hydrogens (tertiary/aromatic N) is 2. The molecule has 0 unspecified atom stereocenters. The maximum atomic E-state index is 13.7. The molecule has 0 radical (unpaired) electrons. The predicted octanol–water partition coefficient (Wildman–Crippen LogP) is 1.50. The van der Waals surface area contributed by atoms with Crippen LogP contribution in [0.5, 0.6) is 11.5 Å². The zero-order chi connectivity index (χ0) is 13.2. The van der Waals surface area contributed by atoms with Crippen LogP contribution in [0.1, 0.15) is 12.3 Å². The topological polar surface area (TPSA) is 83.4 Å². The smallest absolute Gasteiger partial charge is 0.240 e. The predicted molar refractivity (Wildman–Crippen MR) is 63.2 cm³/mol. The maximum Gasteiger partial charge on any atom is 0.240 e. The van der Waals surface area contributed by atoms with E-state index in [4.69, 9.17) is 19.7 Å². The minimum atomic E-state index is -0.469. The van der Waals surface area contributed by atoms with E-state index in [9.17, 15) is 4.39 Å². The second kappa shape index (κ2) is 4.85. The van der Waals surface area contributed by atoms with Crippen LogP contribution in [-0.2, 0) is 6.54 Å². The molecule has 1 aliphatic rings. The zero-order valence-corrected chi connectivity index (χ0v) is 10.1. The van der Waals surface area contributed by atoms with E-state index in [1.54, 1.807) is 0 Å². The van der Waals surface area contributed by atoms with E-state index in [0.29, 0.717) is 42.7 Å². The van der Waals surface area contributed by atoms with Crippen LogP contribution in [0.25, 0.3) is 11.4 Å². The summed E-state index contributed by atoms with van der Waals surface area (Å²) < 4.78 is 29.6. The summed E-state index contributed by atoms with van der Waals surface area (Å²) >= 11 is 0. The van der Waals surface area contributed by atoms with E-state index in [1.807, 2.05) is 0 Å². The van der Waals surface area contributed by atoms with Crippen LogP contribution in [0, 0.1) is 5.82 Å². The molecule has 0 aliphatic carbocycles. The second-order valence-electron chi connectivity index (χ2n) is 4.02. The highest BCUT2D eigenvalue weighted by molar-refractivity contribution is 5.68. The van der Waals surface area contributed by atoms with Crippen LogP contribution < -0.4 is 15.2 Å². The summed E-state index contributed by atoms with van der Waals surface area (Å²) in [6.07, 6.45) is 0.688. The van der Waals surface area contributed by atoms with Crippen molar-refractivity contribution in [2.24, 2.45) is 5.73 Å². The number of benzene rings is 1. The van der Waals surface area contributed by atoms with E-state index in [1.165, 1.54) is 12.1 Å². The summed E-state index contributed by atoms with van der Waals surface area (Å²) in [5, 5.41) is 3.80. The van der Waals surface area contributed by atoms with Gasteiger partial charge in [-0.05, 0) is 12.1 Å². The Labute approximate surface area is 108 Å². The molecule has 7 heteroatoms. The first kappa shape index (κ1) is 11.9. The number of fused-ring (bicyclic) bond motifs is 1. The normalized spacial score (nSPS) is 14.2. The summed E-state index contributed by atoms with van der Waals surface area (Å²) in [7, 11) is 0. The second-order valence-corrected chi connectivity index (χ2v) is 4.02. The Balaban J connectivity index is 2.11. The molecule has 0 spiro atoms. The Kier molecular flexibility index (Phi) is 3.04. The lowest BCUT2D eigenvalue weighted by Crippen LogP contribution is -1.98. The van der Waals surface area contributed by atoms with Crippen LogP contribution in [0.15, 0.2) is 16.7 Å². The highest BCUT2D eigenvalue weighted by Gasteiger charge is 2.22. The Bertz CT molecular complexity index is 600. The van der Waals surface area contributed by atoms with E-state index >= 15 is 0 Å². The molecule has 0 bridgehead atoms. The van der Waals surface area contributed by atoms with Gasteiger partial charge in [-0.3, -0.25) is 0 Å². The first-order valence-corrected chi connectivity index (χ1v) is 5.90. The van der Waals surface area contributed by atoms with Crippen LogP contribution in [-0.4, -0.2) is 23.4 Å². The molecule has 2 heterocycles. The van der Waals surface area contributed by atoms with Gasteiger partial charge in [0.2, 0.25) is 11.7 Å². The third-order valence-electron chi connectivity index (χ3n) is 2.73. The van der Waals surface area contributed by atoms with Gasteiger partial charge in [-0.15, -0.1) is 0 Å². The molecule has 1 aromatic carbocycles. The average Bonchev–Trinajstić information content (AvgIpc) is 2.76. The van der Waals surface area contributed by atoms with Crippen molar-refractivity contribution in [2.45, 2.75) is 13.0 Å². The monoisotopic (exact) mass is 265 g/mol. The van der Waals surface area contributed by atoms with Gasteiger partial charge in [0.25, 0.3) is 0 Å². The van der Waals surface area contributed by atoms with Crippen LogP contribution in [0.3, 0.4) is 0 Å². The van der Waals surface area contributed by atoms with Gasteiger partial charge in [-0.1, -0.05) is 5.16 Å². The highest BCUT2D eigenvalue weighted by Crippen LogP contribution is 2.40. The molecule has 1 aromatic heterocycles. The van der Waals surface area contributed by atoms with Crippen LogP contribution in [0.4, 0.5) is 4.39 Å². The van der Waals surface area contributed by atoms with Gasteiger partial charge in [-0.2, -0.15) is 4.98 Å². The molecule has 0 fully saturated rings. The Morgan fingerprint density at radius 3 is 2.74 bits per heavy atom. The quantitative estimate of drug-likeness (QED) is 0.885. The fourth-order valence-corrected chi connectivity index (χ4v) is 1.85. The van der Waals surface area contributed by atoms with E-state index in [2.05, 4.69) is 10.1 Å². The Morgan fingerprint density at radius 1 is 1.21 bits per heavy atom. The van der Waals surface area contributed by atoms with Gasteiger partial charge < -0.3 is 19.7 Å². The third-order valence-corrected chi connectivity index (χ3v) is 2.73. The fourth-order valence-electron chi connectivity index (χ4n) is 1.85. The SMILES string of the molecule is NCc1nc(-c2ccc(F)c3c2OCCCO3)no1. The first-order chi connectivity index (χ1) is 9.29. The first-order valence-electron chi connectivity index (χ1n) is 5.90. The van der Waals surface area contributed by atoms with Gasteiger partial charge in [0.05, 0.1) is 25.3 Å². The lowest BCUT2D eigenvalue weighted by molar-refractivity contribution is 0.292. The van der Waals surface area contributed by atoms with E-state index in [-0.39, 0.29) is 12.3 Å². The summed E-state index contributed by atoms with van der Waals surface area (Å²) in [5.74, 6) is 0.545. The maximum absolute atomic E-state index is 13.7. The molecule has 2 aromatic rings. The highest BCUT2D eigenvalue weighted by atomic mass is 19.1. The summed E-state index contributed by atoms with van der Waals surface area (Å²) in [5.41, 5.74) is 5.95. The van der Waals surface area contributed by atoms with Crippen molar-refractivity contribution in [3.05, 3.63) is 23.8 Å². The Morgan fingerprint density at radius 2 is 2.00 bits per heavy atom. The number of aromatic nitrogens is 2. The molecule has 0 atom stereocenters. The standard InChI is InChI=1S/C12H12FN3O3/c13-8-3-2-7(12-15-9(6-14)19-16-12)10-11(8)18-5-1-4-17-10/h2-3H,1,4-6,14H2. The Hall–Kier alpha value is -2.15. The molecule has 0 saturated heterocycles. The molecule has 6 nitrogen and oxygen atoms in total. The average molecular weight is 265 g/mol.